The lowest BCUT2D eigenvalue weighted by Crippen LogP contribution is -2.31. The number of rotatable bonds is 8. The van der Waals surface area contributed by atoms with Crippen LogP contribution in [0.5, 0.6) is 0 Å². The average Bonchev–Trinajstić information content (AvgIpc) is 2.77. The van der Waals surface area contributed by atoms with E-state index >= 15 is 0 Å². The number of ketones is 1. The molecule has 0 aromatic heterocycles. The van der Waals surface area contributed by atoms with E-state index in [0.717, 1.165) is 11.1 Å². The Morgan fingerprint density at radius 1 is 0.759 bits per heavy atom. The molecule has 0 radical (unpaired) electrons. The zero-order valence-corrected chi connectivity index (χ0v) is 16.3. The van der Waals surface area contributed by atoms with Gasteiger partial charge >= 0.3 is 5.97 Å². The first kappa shape index (κ1) is 20.4. The third-order valence-corrected chi connectivity index (χ3v) is 5.56. The van der Waals surface area contributed by atoms with Crippen LogP contribution < -0.4 is 4.72 Å². The van der Waals surface area contributed by atoms with Crippen LogP contribution >= 0.6 is 0 Å². The lowest BCUT2D eigenvalue weighted by Gasteiger charge is -2.08. The maximum atomic E-state index is 12.2. The second-order valence-electron chi connectivity index (χ2n) is 6.16. The average molecular weight is 409 g/mol. The van der Waals surface area contributed by atoms with Crippen molar-refractivity contribution in [3.8, 4) is 11.1 Å². The van der Waals surface area contributed by atoms with Gasteiger partial charge in [-0.3, -0.25) is 9.59 Å². The first-order valence-corrected chi connectivity index (χ1v) is 10.3. The predicted molar refractivity (Wildman–Crippen MR) is 109 cm³/mol. The smallest absolute Gasteiger partial charge is 0.321 e. The second kappa shape index (κ2) is 9.27. The van der Waals surface area contributed by atoms with E-state index in [4.69, 9.17) is 4.74 Å². The number of carbonyl (C=O) groups is 2. The first-order chi connectivity index (χ1) is 14.0. The molecule has 1 N–H and O–H groups in total. The molecule has 0 aliphatic heterocycles. The van der Waals surface area contributed by atoms with Gasteiger partial charge in [-0.25, -0.2) is 8.42 Å². The largest absolute Gasteiger partial charge is 0.456 e. The molecule has 0 atom stereocenters. The summed E-state index contributed by atoms with van der Waals surface area (Å²) in [5.74, 6) is -1.21. The molecule has 3 aromatic rings. The number of ether oxygens (including phenoxy) is 1. The van der Waals surface area contributed by atoms with E-state index in [2.05, 4.69) is 4.72 Å². The Balaban J connectivity index is 1.51. The van der Waals surface area contributed by atoms with Gasteiger partial charge in [-0.2, -0.15) is 4.72 Å². The minimum Gasteiger partial charge on any atom is -0.456 e. The number of hydrogen-bond donors (Lipinski definition) is 1. The molecule has 7 heteroatoms. The van der Waals surface area contributed by atoms with E-state index in [9.17, 15) is 18.0 Å². The van der Waals surface area contributed by atoms with Crippen LogP contribution in [0.1, 0.15) is 10.4 Å². The Hall–Kier alpha value is -3.29. The van der Waals surface area contributed by atoms with Gasteiger partial charge in [-0.1, -0.05) is 72.8 Å². The van der Waals surface area contributed by atoms with E-state index in [1.807, 2.05) is 42.5 Å². The second-order valence-corrected chi connectivity index (χ2v) is 7.93. The summed E-state index contributed by atoms with van der Waals surface area (Å²) in [6.07, 6.45) is 0. The van der Waals surface area contributed by atoms with E-state index in [1.54, 1.807) is 30.3 Å². The van der Waals surface area contributed by atoms with Crippen LogP contribution in [0.15, 0.2) is 89.8 Å². The number of nitrogens with one attached hydrogen (secondary N) is 1. The molecule has 0 saturated carbocycles. The van der Waals surface area contributed by atoms with E-state index < -0.39 is 29.1 Å². The van der Waals surface area contributed by atoms with Crippen LogP contribution in [-0.4, -0.2) is 33.3 Å². The molecule has 6 nitrogen and oxygen atoms in total. The zero-order valence-electron chi connectivity index (χ0n) is 15.4. The highest BCUT2D eigenvalue weighted by atomic mass is 32.2. The maximum Gasteiger partial charge on any atom is 0.321 e. The van der Waals surface area contributed by atoms with E-state index in [1.165, 1.54) is 12.1 Å². The SMILES string of the molecule is O=C(CNS(=O)(=O)c1ccccc1)OCC(=O)c1ccc(-c2ccccc2)cc1. The lowest BCUT2D eigenvalue weighted by atomic mass is 10.0. The van der Waals surface area contributed by atoms with Crippen molar-refractivity contribution in [2.24, 2.45) is 0 Å². The summed E-state index contributed by atoms with van der Waals surface area (Å²) in [5, 5.41) is 0. The molecule has 0 bridgehead atoms. The number of sulfonamides is 1. The summed E-state index contributed by atoms with van der Waals surface area (Å²) in [5.41, 5.74) is 2.40. The van der Waals surface area contributed by atoms with Gasteiger partial charge in [-0.15, -0.1) is 0 Å². The normalized spacial score (nSPS) is 11.0. The van der Waals surface area contributed by atoms with Gasteiger partial charge in [0.1, 0.15) is 6.54 Å². The fraction of sp³-hybridized carbons (Fsp3) is 0.0909. The molecular weight excluding hydrogens is 390 g/mol. The minimum atomic E-state index is -3.81. The summed E-state index contributed by atoms with van der Waals surface area (Å²) in [4.78, 5) is 24.0. The summed E-state index contributed by atoms with van der Waals surface area (Å²) in [6, 6.07) is 24.4. The van der Waals surface area contributed by atoms with Crippen molar-refractivity contribution in [1.82, 2.24) is 4.72 Å². The number of hydrogen-bond acceptors (Lipinski definition) is 5. The third-order valence-electron chi connectivity index (χ3n) is 4.14. The van der Waals surface area contributed by atoms with Gasteiger partial charge in [-0.05, 0) is 23.3 Å². The van der Waals surface area contributed by atoms with Gasteiger partial charge in [0.05, 0.1) is 4.90 Å². The molecular formula is C22H19NO5S. The van der Waals surface area contributed by atoms with Crippen LogP contribution in [0.3, 0.4) is 0 Å². The zero-order chi connectivity index (χ0) is 20.7. The van der Waals surface area contributed by atoms with Gasteiger partial charge in [0.25, 0.3) is 0 Å². The van der Waals surface area contributed by atoms with Crippen molar-refractivity contribution in [2.45, 2.75) is 4.90 Å². The van der Waals surface area contributed by atoms with Crippen molar-refractivity contribution in [3.63, 3.8) is 0 Å². The topological polar surface area (TPSA) is 89.5 Å². The number of esters is 1. The summed E-state index contributed by atoms with van der Waals surface area (Å²) < 4.78 is 31.2. The van der Waals surface area contributed by atoms with Crippen molar-refractivity contribution in [3.05, 3.63) is 90.5 Å². The van der Waals surface area contributed by atoms with Crippen molar-refractivity contribution >= 4 is 21.8 Å². The molecule has 0 heterocycles. The van der Waals surface area contributed by atoms with Crippen LogP contribution in [0, 0.1) is 0 Å². The highest BCUT2D eigenvalue weighted by molar-refractivity contribution is 7.89. The van der Waals surface area contributed by atoms with Crippen LogP contribution in [0.2, 0.25) is 0 Å². The quantitative estimate of drug-likeness (QED) is 0.456. The Kier molecular flexibility index (Phi) is 6.54. The summed E-state index contributed by atoms with van der Waals surface area (Å²) in [7, 11) is -3.81. The molecule has 29 heavy (non-hydrogen) atoms. The van der Waals surface area contributed by atoms with Crippen molar-refractivity contribution < 1.29 is 22.7 Å². The number of Topliss-reactive ketones (excluding diaryl/α,β-unsaturated/α-hetero) is 1. The van der Waals surface area contributed by atoms with E-state index in [0.29, 0.717) is 5.56 Å². The van der Waals surface area contributed by atoms with Crippen LogP contribution in [0.25, 0.3) is 11.1 Å². The number of carbonyl (C=O) groups excluding carboxylic acids is 2. The Bertz CT molecular complexity index is 1080. The highest BCUT2D eigenvalue weighted by Gasteiger charge is 2.16. The third kappa shape index (κ3) is 5.60. The monoisotopic (exact) mass is 409 g/mol. The van der Waals surface area contributed by atoms with Crippen LogP contribution in [-0.2, 0) is 19.6 Å². The van der Waals surface area contributed by atoms with Gasteiger partial charge < -0.3 is 4.74 Å². The van der Waals surface area contributed by atoms with Gasteiger partial charge in [0.2, 0.25) is 10.0 Å². The molecule has 0 unspecified atom stereocenters. The van der Waals surface area contributed by atoms with Crippen LogP contribution in [0.4, 0.5) is 0 Å². The Morgan fingerprint density at radius 2 is 1.31 bits per heavy atom. The van der Waals surface area contributed by atoms with Gasteiger partial charge in [0.15, 0.2) is 12.4 Å². The summed E-state index contributed by atoms with van der Waals surface area (Å²) in [6.45, 7) is -1.02. The minimum absolute atomic E-state index is 0.0439. The summed E-state index contributed by atoms with van der Waals surface area (Å²) >= 11 is 0. The molecule has 0 amide bonds. The van der Waals surface area contributed by atoms with Crippen molar-refractivity contribution in [1.29, 1.82) is 0 Å². The number of benzene rings is 3. The Labute approximate surface area is 169 Å². The fourth-order valence-corrected chi connectivity index (χ4v) is 3.59. The highest BCUT2D eigenvalue weighted by Crippen LogP contribution is 2.19. The standard InChI is InChI=1S/C22H19NO5S/c24-21(19-13-11-18(12-14-19)17-7-3-1-4-8-17)16-28-22(25)15-23-29(26,27)20-9-5-2-6-10-20/h1-14,23H,15-16H2. The maximum absolute atomic E-state index is 12.2. The molecule has 148 valence electrons. The molecule has 0 fully saturated rings. The first-order valence-electron chi connectivity index (χ1n) is 8.85. The molecule has 0 saturated heterocycles. The van der Waals surface area contributed by atoms with Gasteiger partial charge in [0, 0.05) is 5.56 Å². The predicted octanol–water partition coefficient (Wildman–Crippen LogP) is 3.06. The lowest BCUT2D eigenvalue weighted by molar-refractivity contribution is -0.141. The molecule has 0 aliphatic carbocycles. The Morgan fingerprint density at radius 3 is 1.93 bits per heavy atom. The van der Waals surface area contributed by atoms with Crippen molar-refractivity contribution in [2.75, 3.05) is 13.2 Å². The van der Waals surface area contributed by atoms with E-state index in [-0.39, 0.29) is 10.7 Å². The molecule has 0 spiro atoms. The molecule has 0 aliphatic rings. The molecule has 3 aromatic carbocycles. The molecule has 3 rings (SSSR count). The fourth-order valence-electron chi connectivity index (χ4n) is 2.60.